The number of nitrogens with zero attached hydrogens (tertiary/aromatic N) is 1. The molecule has 0 N–H and O–H groups in total. The molecule has 0 amide bonds. The number of piperidine rings is 1. The van der Waals surface area contributed by atoms with Crippen molar-refractivity contribution in [2.24, 2.45) is 17.3 Å². The Morgan fingerprint density at radius 3 is 1.82 bits per heavy atom. The topological polar surface area (TPSA) is 3.24 Å². The van der Waals surface area contributed by atoms with Crippen LogP contribution < -0.4 is 0 Å². The Labute approximate surface area is 70.8 Å². The molecule has 0 bridgehead atoms. The SMILES string of the molecule is CC1CN(C)CC(C)C1(C)C. The summed E-state index contributed by atoms with van der Waals surface area (Å²) in [4.78, 5) is 2.45. The third-order valence-corrected chi connectivity index (χ3v) is 3.71. The maximum atomic E-state index is 2.45. The molecule has 0 saturated carbocycles. The smallest absolute Gasteiger partial charge is 0.000929 e. The lowest BCUT2D eigenvalue weighted by Gasteiger charge is -2.46. The van der Waals surface area contributed by atoms with Crippen LogP contribution in [0.1, 0.15) is 27.7 Å². The van der Waals surface area contributed by atoms with Crippen molar-refractivity contribution in [1.82, 2.24) is 4.90 Å². The predicted molar refractivity (Wildman–Crippen MR) is 49.6 cm³/mol. The summed E-state index contributed by atoms with van der Waals surface area (Å²) in [6, 6.07) is 0. The molecule has 1 nitrogen and oxygen atoms in total. The Kier molecular flexibility index (Phi) is 2.29. The average Bonchev–Trinajstić information content (AvgIpc) is 1.84. The van der Waals surface area contributed by atoms with Crippen molar-refractivity contribution in [3.05, 3.63) is 0 Å². The van der Waals surface area contributed by atoms with Gasteiger partial charge in [0, 0.05) is 13.1 Å². The highest BCUT2D eigenvalue weighted by Gasteiger charge is 2.36. The number of rotatable bonds is 0. The van der Waals surface area contributed by atoms with E-state index in [1.807, 2.05) is 0 Å². The van der Waals surface area contributed by atoms with E-state index in [-0.39, 0.29) is 0 Å². The molecule has 0 aromatic rings. The first-order chi connectivity index (χ1) is 4.94. The van der Waals surface area contributed by atoms with Gasteiger partial charge in [0.15, 0.2) is 0 Å². The summed E-state index contributed by atoms with van der Waals surface area (Å²) in [7, 11) is 2.22. The van der Waals surface area contributed by atoms with Crippen LogP contribution in [0.15, 0.2) is 0 Å². The first-order valence-electron chi connectivity index (χ1n) is 4.63. The zero-order chi connectivity index (χ0) is 8.65. The van der Waals surface area contributed by atoms with Gasteiger partial charge in [-0.2, -0.15) is 0 Å². The largest absolute Gasteiger partial charge is 0.306 e. The molecule has 66 valence electrons. The van der Waals surface area contributed by atoms with E-state index in [1.54, 1.807) is 0 Å². The first kappa shape index (κ1) is 9.05. The zero-order valence-electron chi connectivity index (χ0n) is 8.52. The molecule has 1 saturated heterocycles. The molecule has 1 aliphatic heterocycles. The minimum atomic E-state index is 0.534. The molecule has 0 aromatic heterocycles. The quantitative estimate of drug-likeness (QED) is 0.518. The number of hydrogen-bond donors (Lipinski definition) is 0. The summed E-state index contributed by atoms with van der Waals surface area (Å²) in [5.74, 6) is 1.66. The summed E-state index contributed by atoms with van der Waals surface area (Å²) in [6.07, 6.45) is 0. The monoisotopic (exact) mass is 155 g/mol. The molecule has 1 aliphatic rings. The standard InChI is InChI=1S/C10H21N/c1-8-6-11(5)7-9(2)10(8,3)4/h8-9H,6-7H2,1-5H3. The Morgan fingerprint density at radius 2 is 1.45 bits per heavy atom. The summed E-state index contributed by atoms with van der Waals surface area (Å²) in [5.41, 5.74) is 0.534. The summed E-state index contributed by atoms with van der Waals surface area (Å²) < 4.78 is 0. The Morgan fingerprint density at radius 1 is 1.09 bits per heavy atom. The lowest BCUT2D eigenvalue weighted by atomic mass is 9.68. The van der Waals surface area contributed by atoms with E-state index >= 15 is 0 Å². The van der Waals surface area contributed by atoms with Gasteiger partial charge >= 0.3 is 0 Å². The molecule has 2 unspecified atom stereocenters. The van der Waals surface area contributed by atoms with Gasteiger partial charge in [-0.25, -0.2) is 0 Å². The molecule has 1 fully saturated rings. The van der Waals surface area contributed by atoms with Crippen LogP contribution in [0, 0.1) is 17.3 Å². The minimum Gasteiger partial charge on any atom is -0.306 e. The van der Waals surface area contributed by atoms with Crippen LogP contribution in [0.3, 0.4) is 0 Å². The molecule has 0 radical (unpaired) electrons. The van der Waals surface area contributed by atoms with E-state index in [9.17, 15) is 0 Å². The highest BCUT2D eigenvalue weighted by Crippen LogP contribution is 2.38. The molecular formula is C10H21N. The molecule has 11 heavy (non-hydrogen) atoms. The fourth-order valence-electron chi connectivity index (χ4n) is 1.97. The molecule has 2 atom stereocenters. The van der Waals surface area contributed by atoms with Gasteiger partial charge in [0.05, 0.1) is 0 Å². The van der Waals surface area contributed by atoms with Crippen molar-refractivity contribution in [2.45, 2.75) is 27.7 Å². The summed E-state index contributed by atoms with van der Waals surface area (Å²) in [6.45, 7) is 12.1. The molecule has 1 rings (SSSR count). The minimum absolute atomic E-state index is 0.534. The van der Waals surface area contributed by atoms with E-state index in [4.69, 9.17) is 0 Å². The fourth-order valence-corrected chi connectivity index (χ4v) is 1.97. The van der Waals surface area contributed by atoms with Gasteiger partial charge in [0.25, 0.3) is 0 Å². The van der Waals surface area contributed by atoms with Crippen molar-refractivity contribution in [1.29, 1.82) is 0 Å². The second-order valence-corrected chi connectivity index (χ2v) is 4.84. The first-order valence-corrected chi connectivity index (χ1v) is 4.63. The molecule has 0 aliphatic carbocycles. The third-order valence-electron chi connectivity index (χ3n) is 3.71. The van der Waals surface area contributed by atoms with Crippen molar-refractivity contribution in [2.75, 3.05) is 20.1 Å². The van der Waals surface area contributed by atoms with Crippen molar-refractivity contribution in [3.8, 4) is 0 Å². The van der Waals surface area contributed by atoms with E-state index in [0.717, 1.165) is 11.8 Å². The lowest BCUT2D eigenvalue weighted by molar-refractivity contribution is 0.0301. The van der Waals surface area contributed by atoms with E-state index < -0.39 is 0 Å². The Bertz CT molecular complexity index is 126. The van der Waals surface area contributed by atoms with Crippen LogP contribution in [0.2, 0.25) is 0 Å². The second kappa shape index (κ2) is 2.78. The van der Waals surface area contributed by atoms with Crippen LogP contribution >= 0.6 is 0 Å². The van der Waals surface area contributed by atoms with Gasteiger partial charge in [-0.05, 0) is 24.3 Å². The average molecular weight is 155 g/mol. The number of hydrogen-bond acceptors (Lipinski definition) is 1. The fraction of sp³-hybridized carbons (Fsp3) is 1.00. The summed E-state index contributed by atoms with van der Waals surface area (Å²) in [5, 5.41) is 0. The van der Waals surface area contributed by atoms with Crippen LogP contribution in [-0.4, -0.2) is 25.0 Å². The van der Waals surface area contributed by atoms with Crippen LogP contribution in [0.25, 0.3) is 0 Å². The zero-order valence-corrected chi connectivity index (χ0v) is 8.52. The van der Waals surface area contributed by atoms with E-state index in [2.05, 4.69) is 39.6 Å². The van der Waals surface area contributed by atoms with Crippen molar-refractivity contribution < 1.29 is 0 Å². The number of likely N-dealkylation sites (tertiary alicyclic amines) is 1. The van der Waals surface area contributed by atoms with E-state index in [1.165, 1.54) is 13.1 Å². The van der Waals surface area contributed by atoms with Gasteiger partial charge in [-0.1, -0.05) is 27.7 Å². The lowest BCUT2D eigenvalue weighted by Crippen LogP contribution is -2.47. The van der Waals surface area contributed by atoms with Gasteiger partial charge in [-0.15, -0.1) is 0 Å². The summed E-state index contributed by atoms with van der Waals surface area (Å²) >= 11 is 0. The van der Waals surface area contributed by atoms with E-state index in [0.29, 0.717) is 5.41 Å². The molecule has 0 aromatic carbocycles. The van der Waals surface area contributed by atoms with Gasteiger partial charge in [-0.3, -0.25) is 0 Å². The van der Waals surface area contributed by atoms with Gasteiger partial charge in [0.1, 0.15) is 0 Å². The molecule has 1 heteroatoms. The maximum absolute atomic E-state index is 2.45. The third kappa shape index (κ3) is 1.58. The van der Waals surface area contributed by atoms with Crippen molar-refractivity contribution in [3.63, 3.8) is 0 Å². The van der Waals surface area contributed by atoms with Crippen LogP contribution in [0.4, 0.5) is 0 Å². The molecular weight excluding hydrogens is 134 g/mol. The molecule has 0 spiro atoms. The van der Waals surface area contributed by atoms with Gasteiger partial charge < -0.3 is 4.90 Å². The van der Waals surface area contributed by atoms with Gasteiger partial charge in [0.2, 0.25) is 0 Å². The maximum Gasteiger partial charge on any atom is 0.000929 e. The van der Waals surface area contributed by atoms with Crippen LogP contribution in [-0.2, 0) is 0 Å². The molecule has 1 heterocycles. The highest BCUT2D eigenvalue weighted by atomic mass is 15.1. The second-order valence-electron chi connectivity index (χ2n) is 4.84. The van der Waals surface area contributed by atoms with Crippen molar-refractivity contribution >= 4 is 0 Å². The predicted octanol–water partition coefficient (Wildman–Crippen LogP) is 2.23. The van der Waals surface area contributed by atoms with Crippen LogP contribution in [0.5, 0.6) is 0 Å². The Hall–Kier alpha value is -0.0400. The normalized spacial score (nSPS) is 39.0. The Balaban J connectivity index is 2.67. The highest BCUT2D eigenvalue weighted by molar-refractivity contribution is 4.87.